The second-order valence-corrected chi connectivity index (χ2v) is 5.90. The molecule has 3 rings (SSSR count). The Hall–Kier alpha value is -2.43. The lowest BCUT2D eigenvalue weighted by Crippen LogP contribution is -2.36. The average Bonchev–Trinajstić information content (AvgIpc) is 3.36. The van der Waals surface area contributed by atoms with Gasteiger partial charge in [-0.1, -0.05) is 30.3 Å². The summed E-state index contributed by atoms with van der Waals surface area (Å²) in [5.74, 6) is -1.37. The zero-order valence-electron chi connectivity index (χ0n) is 12.6. The molecule has 0 heterocycles. The van der Waals surface area contributed by atoms with Crippen molar-refractivity contribution in [2.45, 2.75) is 18.3 Å². The minimum Gasteiger partial charge on any atom is -0.374 e. The Labute approximate surface area is 133 Å². The van der Waals surface area contributed by atoms with E-state index in [0.717, 1.165) is 31.0 Å². The van der Waals surface area contributed by atoms with Gasteiger partial charge in [0.2, 0.25) is 5.91 Å². The van der Waals surface area contributed by atoms with Gasteiger partial charge in [0, 0.05) is 12.0 Å². The molecule has 3 nitrogen and oxygen atoms in total. The second kappa shape index (κ2) is 6.36. The highest BCUT2D eigenvalue weighted by atomic mass is 19.1. The number of rotatable bonds is 6. The molecule has 0 saturated heterocycles. The van der Waals surface area contributed by atoms with Gasteiger partial charge in [-0.05, 0) is 36.6 Å². The van der Waals surface area contributed by atoms with Crippen LogP contribution in [0.15, 0.2) is 48.5 Å². The average molecular weight is 316 g/mol. The molecule has 1 amide bonds. The summed E-state index contributed by atoms with van der Waals surface area (Å²) in [5.41, 5.74) is 1.25. The number of hydrogen-bond donors (Lipinski definition) is 2. The van der Waals surface area contributed by atoms with Crippen molar-refractivity contribution in [2.24, 2.45) is 0 Å². The van der Waals surface area contributed by atoms with Gasteiger partial charge in [0.15, 0.2) is 0 Å². The van der Waals surface area contributed by atoms with Crippen LogP contribution in [0.25, 0.3) is 0 Å². The van der Waals surface area contributed by atoms with Crippen LogP contribution in [0.3, 0.4) is 0 Å². The van der Waals surface area contributed by atoms with Crippen LogP contribution in [0.4, 0.5) is 14.5 Å². The summed E-state index contributed by atoms with van der Waals surface area (Å²) in [6.45, 7) is 0.467. The number of carbonyl (C=O) groups excluding carboxylic acids is 1. The molecule has 0 bridgehead atoms. The summed E-state index contributed by atoms with van der Waals surface area (Å²) in [7, 11) is 0. The van der Waals surface area contributed by atoms with Crippen molar-refractivity contribution >= 4 is 11.6 Å². The van der Waals surface area contributed by atoms with Gasteiger partial charge in [0.1, 0.15) is 11.6 Å². The van der Waals surface area contributed by atoms with Gasteiger partial charge >= 0.3 is 0 Å². The van der Waals surface area contributed by atoms with Gasteiger partial charge in [-0.15, -0.1) is 0 Å². The summed E-state index contributed by atoms with van der Waals surface area (Å²) >= 11 is 0. The quantitative estimate of drug-likeness (QED) is 0.859. The van der Waals surface area contributed by atoms with Crippen molar-refractivity contribution in [1.29, 1.82) is 0 Å². The smallest absolute Gasteiger partial charge is 0.239 e. The molecular formula is C18H18F2N2O. The maximum absolute atomic E-state index is 13.5. The predicted molar refractivity (Wildman–Crippen MR) is 85.2 cm³/mol. The zero-order valence-corrected chi connectivity index (χ0v) is 12.6. The molecule has 120 valence electrons. The third-order valence-electron chi connectivity index (χ3n) is 4.23. The molecular weight excluding hydrogens is 298 g/mol. The van der Waals surface area contributed by atoms with Crippen LogP contribution < -0.4 is 10.6 Å². The highest BCUT2D eigenvalue weighted by Crippen LogP contribution is 2.47. The fourth-order valence-electron chi connectivity index (χ4n) is 2.65. The molecule has 2 aromatic rings. The van der Waals surface area contributed by atoms with E-state index in [2.05, 4.69) is 22.8 Å². The minimum absolute atomic E-state index is 0.00987. The van der Waals surface area contributed by atoms with Crippen LogP contribution in [0.5, 0.6) is 0 Å². The highest BCUT2D eigenvalue weighted by Gasteiger charge is 2.44. The van der Waals surface area contributed by atoms with E-state index in [1.807, 2.05) is 18.2 Å². The van der Waals surface area contributed by atoms with E-state index in [4.69, 9.17) is 0 Å². The number of hydrogen-bond acceptors (Lipinski definition) is 2. The van der Waals surface area contributed by atoms with Crippen molar-refractivity contribution in [3.63, 3.8) is 0 Å². The van der Waals surface area contributed by atoms with Gasteiger partial charge in [-0.25, -0.2) is 8.78 Å². The van der Waals surface area contributed by atoms with E-state index in [1.165, 1.54) is 5.56 Å². The van der Waals surface area contributed by atoms with Gasteiger partial charge in [0.25, 0.3) is 0 Å². The first-order valence-electron chi connectivity index (χ1n) is 7.60. The molecule has 0 unspecified atom stereocenters. The van der Waals surface area contributed by atoms with Crippen LogP contribution in [-0.2, 0) is 10.2 Å². The van der Waals surface area contributed by atoms with Gasteiger partial charge in [-0.3, -0.25) is 4.79 Å². The predicted octanol–water partition coefficient (Wildman–Crippen LogP) is 3.22. The summed E-state index contributed by atoms with van der Waals surface area (Å²) in [5, 5.41) is 5.49. The highest BCUT2D eigenvalue weighted by molar-refractivity contribution is 5.80. The summed E-state index contributed by atoms with van der Waals surface area (Å²) in [4.78, 5) is 11.9. The van der Waals surface area contributed by atoms with E-state index >= 15 is 0 Å². The first kappa shape index (κ1) is 15.5. The van der Waals surface area contributed by atoms with E-state index in [0.29, 0.717) is 6.54 Å². The van der Waals surface area contributed by atoms with Crippen LogP contribution >= 0.6 is 0 Å². The molecule has 1 fully saturated rings. The first-order chi connectivity index (χ1) is 11.1. The molecule has 0 aliphatic heterocycles. The Morgan fingerprint density at radius 2 is 1.83 bits per heavy atom. The molecule has 1 aliphatic carbocycles. The third-order valence-corrected chi connectivity index (χ3v) is 4.23. The number of amides is 1. The fourth-order valence-corrected chi connectivity index (χ4v) is 2.65. The minimum atomic E-state index is -0.581. The van der Waals surface area contributed by atoms with Crippen molar-refractivity contribution in [1.82, 2.24) is 5.32 Å². The lowest BCUT2D eigenvalue weighted by atomic mass is 9.96. The molecule has 0 radical (unpaired) electrons. The lowest BCUT2D eigenvalue weighted by molar-refractivity contribution is -0.119. The Kier molecular flexibility index (Phi) is 4.28. The summed E-state index contributed by atoms with van der Waals surface area (Å²) < 4.78 is 26.5. The first-order valence-corrected chi connectivity index (χ1v) is 7.60. The van der Waals surface area contributed by atoms with Crippen LogP contribution in [0, 0.1) is 11.6 Å². The topological polar surface area (TPSA) is 41.1 Å². The normalized spacial score (nSPS) is 15.0. The molecule has 0 aromatic heterocycles. The maximum atomic E-state index is 13.5. The van der Waals surface area contributed by atoms with Crippen molar-refractivity contribution in [2.75, 3.05) is 18.4 Å². The van der Waals surface area contributed by atoms with Gasteiger partial charge in [0.05, 0.1) is 12.2 Å². The fraction of sp³-hybridized carbons (Fsp3) is 0.278. The van der Waals surface area contributed by atoms with Crippen molar-refractivity contribution in [3.8, 4) is 0 Å². The number of halogens is 2. The Bertz CT molecular complexity index is 699. The van der Waals surface area contributed by atoms with Crippen LogP contribution in [-0.4, -0.2) is 19.0 Å². The van der Waals surface area contributed by atoms with Gasteiger partial charge in [-0.2, -0.15) is 0 Å². The van der Waals surface area contributed by atoms with Crippen LogP contribution in [0.1, 0.15) is 18.4 Å². The Morgan fingerprint density at radius 1 is 1.09 bits per heavy atom. The number of anilines is 1. The second-order valence-electron chi connectivity index (χ2n) is 5.90. The third kappa shape index (κ3) is 3.67. The summed E-state index contributed by atoms with van der Waals surface area (Å²) in [6, 6.07) is 13.2. The summed E-state index contributed by atoms with van der Waals surface area (Å²) in [6.07, 6.45) is 2.09. The number of nitrogens with one attached hydrogen (secondary N) is 2. The Morgan fingerprint density at radius 3 is 2.52 bits per heavy atom. The molecule has 2 aromatic carbocycles. The van der Waals surface area contributed by atoms with E-state index in [1.54, 1.807) is 0 Å². The lowest BCUT2D eigenvalue weighted by Gasteiger charge is -2.17. The van der Waals surface area contributed by atoms with Crippen LogP contribution in [0.2, 0.25) is 0 Å². The molecule has 2 N–H and O–H groups in total. The van der Waals surface area contributed by atoms with Crippen molar-refractivity contribution < 1.29 is 13.6 Å². The standard InChI is InChI=1S/C18H18F2N2O/c19-14-6-7-15(20)16(10-14)21-11-17(23)22-12-18(8-9-18)13-4-2-1-3-5-13/h1-7,10,21H,8-9,11-12H2,(H,22,23). The Balaban J connectivity index is 1.52. The van der Waals surface area contributed by atoms with E-state index in [9.17, 15) is 13.6 Å². The SMILES string of the molecule is O=C(CNc1cc(F)ccc1F)NCC1(c2ccccc2)CC1. The number of benzene rings is 2. The molecule has 5 heteroatoms. The molecule has 1 aliphatic rings. The molecule has 1 saturated carbocycles. The van der Waals surface area contributed by atoms with E-state index < -0.39 is 11.6 Å². The number of carbonyl (C=O) groups is 1. The largest absolute Gasteiger partial charge is 0.374 e. The van der Waals surface area contributed by atoms with E-state index in [-0.39, 0.29) is 23.6 Å². The zero-order chi connectivity index (χ0) is 16.3. The molecule has 23 heavy (non-hydrogen) atoms. The molecule has 0 spiro atoms. The monoisotopic (exact) mass is 316 g/mol. The van der Waals surface area contributed by atoms with Crippen molar-refractivity contribution in [3.05, 3.63) is 65.7 Å². The maximum Gasteiger partial charge on any atom is 0.239 e. The van der Waals surface area contributed by atoms with Gasteiger partial charge < -0.3 is 10.6 Å². The molecule has 0 atom stereocenters.